The molecule has 1 fully saturated rings. The standard InChI is InChI=1S/C13H13ClFNO3/c14-10-4-9(5-11(15)6-10)12(17)16-3-1-2-8(7-16)13(18)19/h4-6,8H,1-3,7H2,(H,18,19). The largest absolute Gasteiger partial charge is 0.481 e. The first kappa shape index (κ1) is 13.8. The second-order valence-corrected chi connectivity index (χ2v) is 5.02. The average Bonchev–Trinajstić information content (AvgIpc) is 2.37. The smallest absolute Gasteiger partial charge is 0.308 e. The van der Waals surface area contributed by atoms with Crippen LogP contribution >= 0.6 is 11.6 Å². The second kappa shape index (κ2) is 5.57. The number of halogens is 2. The molecule has 1 atom stereocenters. The molecule has 19 heavy (non-hydrogen) atoms. The fraction of sp³-hybridized carbons (Fsp3) is 0.385. The van der Waals surface area contributed by atoms with Crippen molar-refractivity contribution in [2.24, 2.45) is 5.92 Å². The lowest BCUT2D eigenvalue weighted by Gasteiger charge is -2.30. The maximum atomic E-state index is 13.2. The highest BCUT2D eigenvalue weighted by Crippen LogP contribution is 2.21. The predicted molar refractivity (Wildman–Crippen MR) is 67.7 cm³/mol. The zero-order valence-electron chi connectivity index (χ0n) is 10.1. The molecular formula is C13H13ClFNO3. The third kappa shape index (κ3) is 3.23. The minimum atomic E-state index is -0.908. The molecule has 0 aliphatic carbocycles. The fourth-order valence-corrected chi connectivity index (χ4v) is 2.44. The number of carboxylic acids is 1. The molecule has 1 amide bonds. The van der Waals surface area contributed by atoms with E-state index in [1.807, 2.05) is 0 Å². The minimum Gasteiger partial charge on any atom is -0.481 e. The molecule has 0 saturated carbocycles. The Morgan fingerprint density at radius 2 is 2.11 bits per heavy atom. The van der Waals surface area contributed by atoms with Crippen LogP contribution in [0.1, 0.15) is 23.2 Å². The fourth-order valence-electron chi connectivity index (χ4n) is 2.22. The Morgan fingerprint density at radius 3 is 2.74 bits per heavy atom. The lowest BCUT2D eigenvalue weighted by molar-refractivity contribution is -0.143. The van der Waals surface area contributed by atoms with Gasteiger partial charge in [-0.2, -0.15) is 0 Å². The summed E-state index contributed by atoms with van der Waals surface area (Å²) in [6, 6.07) is 3.62. The van der Waals surface area contributed by atoms with Crippen LogP contribution in [0.2, 0.25) is 5.02 Å². The van der Waals surface area contributed by atoms with E-state index in [2.05, 4.69) is 0 Å². The predicted octanol–water partition coefficient (Wildman–Crippen LogP) is 2.42. The van der Waals surface area contributed by atoms with E-state index in [0.29, 0.717) is 19.4 Å². The topological polar surface area (TPSA) is 57.6 Å². The molecule has 1 aromatic carbocycles. The van der Waals surface area contributed by atoms with Crippen molar-refractivity contribution < 1.29 is 19.1 Å². The number of benzene rings is 1. The molecule has 4 nitrogen and oxygen atoms in total. The molecule has 1 heterocycles. The minimum absolute atomic E-state index is 0.148. The van der Waals surface area contributed by atoms with E-state index in [4.69, 9.17) is 16.7 Å². The van der Waals surface area contributed by atoms with Crippen molar-refractivity contribution >= 4 is 23.5 Å². The van der Waals surface area contributed by atoms with E-state index >= 15 is 0 Å². The highest BCUT2D eigenvalue weighted by molar-refractivity contribution is 6.31. The Bertz CT molecular complexity index is 500. The van der Waals surface area contributed by atoms with Crippen LogP contribution in [0.4, 0.5) is 4.39 Å². The first-order valence-electron chi connectivity index (χ1n) is 5.95. The molecule has 0 bridgehead atoms. The van der Waals surface area contributed by atoms with Gasteiger partial charge >= 0.3 is 5.97 Å². The SMILES string of the molecule is O=C(O)C1CCCN(C(=O)c2cc(F)cc(Cl)c2)C1. The number of hydrogen-bond acceptors (Lipinski definition) is 2. The number of carbonyl (C=O) groups excluding carboxylic acids is 1. The van der Waals surface area contributed by atoms with Crippen LogP contribution < -0.4 is 0 Å². The van der Waals surface area contributed by atoms with Crippen LogP contribution in [0, 0.1) is 11.7 Å². The van der Waals surface area contributed by atoms with Gasteiger partial charge in [0.25, 0.3) is 5.91 Å². The summed E-state index contributed by atoms with van der Waals surface area (Å²) < 4.78 is 13.2. The first-order valence-corrected chi connectivity index (χ1v) is 6.33. The monoisotopic (exact) mass is 285 g/mol. The van der Waals surface area contributed by atoms with Crippen molar-refractivity contribution in [3.63, 3.8) is 0 Å². The van der Waals surface area contributed by atoms with Gasteiger partial charge in [-0.1, -0.05) is 11.6 Å². The maximum absolute atomic E-state index is 13.2. The Hall–Kier alpha value is -1.62. The summed E-state index contributed by atoms with van der Waals surface area (Å²) in [4.78, 5) is 24.6. The molecule has 6 heteroatoms. The zero-order chi connectivity index (χ0) is 14.0. The Labute approximate surface area is 114 Å². The van der Waals surface area contributed by atoms with Gasteiger partial charge in [-0.05, 0) is 31.0 Å². The van der Waals surface area contributed by atoms with Crippen molar-refractivity contribution in [1.29, 1.82) is 0 Å². The van der Waals surface area contributed by atoms with Gasteiger partial charge in [0.05, 0.1) is 5.92 Å². The van der Waals surface area contributed by atoms with Gasteiger partial charge in [0.15, 0.2) is 0 Å². The van der Waals surface area contributed by atoms with Crippen LogP contribution in [-0.2, 0) is 4.79 Å². The van der Waals surface area contributed by atoms with Crippen molar-refractivity contribution in [1.82, 2.24) is 4.90 Å². The number of aliphatic carboxylic acids is 1. The second-order valence-electron chi connectivity index (χ2n) is 4.59. The lowest BCUT2D eigenvalue weighted by atomic mass is 9.97. The Morgan fingerprint density at radius 1 is 1.37 bits per heavy atom. The summed E-state index contributed by atoms with van der Waals surface area (Å²) in [5.74, 6) is -2.42. The quantitative estimate of drug-likeness (QED) is 0.908. The van der Waals surface area contributed by atoms with Crippen LogP contribution in [0.25, 0.3) is 0 Å². The van der Waals surface area contributed by atoms with Gasteiger partial charge in [-0.25, -0.2) is 4.39 Å². The van der Waals surface area contributed by atoms with E-state index in [-0.39, 0.29) is 23.0 Å². The van der Waals surface area contributed by atoms with Crippen molar-refractivity contribution in [3.8, 4) is 0 Å². The number of carbonyl (C=O) groups is 2. The summed E-state index contributed by atoms with van der Waals surface area (Å²) >= 11 is 5.71. The molecule has 0 radical (unpaired) electrons. The number of rotatable bonds is 2. The lowest BCUT2D eigenvalue weighted by Crippen LogP contribution is -2.42. The first-order chi connectivity index (χ1) is 8.97. The van der Waals surface area contributed by atoms with Gasteiger partial charge in [0.1, 0.15) is 5.82 Å². The third-order valence-electron chi connectivity index (χ3n) is 3.17. The molecule has 1 aliphatic heterocycles. The summed E-state index contributed by atoms with van der Waals surface area (Å²) in [5, 5.41) is 9.13. The van der Waals surface area contributed by atoms with Crippen LogP contribution in [0.15, 0.2) is 18.2 Å². The van der Waals surface area contributed by atoms with Gasteiger partial charge in [-0.15, -0.1) is 0 Å². The number of hydrogen-bond donors (Lipinski definition) is 1. The molecule has 1 unspecified atom stereocenters. The average molecular weight is 286 g/mol. The molecular weight excluding hydrogens is 273 g/mol. The molecule has 1 aromatic rings. The zero-order valence-corrected chi connectivity index (χ0v) is 10.9. The van der Waals surface area contributed by atoms with E-state index in [1.54, 1.807) is 0 Å². The van der Waals surface area contributed by atoms with Crippen molar-refractivity contribution in [2.45, 2.75) is 12.8 Å². The summed E-state index contributed by atoms with van der Waals surface area (Å²) in [6.45, 7) is 0.638. The van der Waals surface area contributed by atoms with E-state index in [1.165, 1.54) is 11.0 Å². The van der Waals surface area contributed by atoms with Crippen LogP contribution in [0.3, 0.4) is 0 Å². The van der Waals surface area contributed by atoms with Gasteiger partial charge in [0.2, 0.25) is 0 Å². The molecule has 1 aliphatic rings. The summed E-state index contributed by atoms with van der Waals surface area (Å²) in [7, 11) is 0. The number of amides is 1. The van der Waals surface area contributed by atoms with Crippen molar-refractivity contribution in [3.05, 3.63) is 34.6 Å². The number of nitrogens with zero attached hydrogens (tertiary/aromatic N) is 1. The molecule has 1 N–H and O–H groups in total. The van der Waals surface area contributed by atoms with Crippen LogP contribution in [-0.4, -0.2) is 35.0 Å². The molecule has 0 spiro atoms. The van der Waals surface area contributed by atoms with Gasteiger partial charge in [0, 0.05) is 23.7 Å². The van der Waals surface area contributed by atoms with Gasteiger partial charge < -0.3 is 10.0 Å². The summed E-state index contributed by atoms with van der Waals surface area (Å²) in [5.41, 5.74) is 0.149. The van der Waals surface area contributed by atoms with E-state index in [0.717, 1.165) is 12.1 Å². The molecule has 2 rings (SSSR count). The van der Waals surface area contributed by atoms with Crippen LogP contribution in [0.5, 0.6) is 0 Å². The van der Waals surface area contributed by atoms with E-state index < -0.39 is 17.7 Å². The number of piperidine rings is 1. The molecule has 0 aromatic heterocycles. The van der Waals surface area contributed by atoms with Gasteiger partial charge in [-0.3, -0.25) is 9.59 Å². The molecule has 102 valence electrons. The highest BCUT2D eigenvalue weighted by atomic mass is 35.5. The normalized spacial score (nSPS) is 19.3. The van der Waals surface area contributed by atoms with Crippen molar-refractivity contribution in [2.75, 3.05) is 13.1 Å². The third-order valence-corrected chi connectivity index (χ3v) is 3.39. The Kier molecular flexibility index (Phi) is 4.04. The number of likely N-dealkylation sites (tertiary alicyclic amines) is 1. The summed E-state index contributed by atoms with van der Waals surface area (Å²) in [6.07, 6.45) is 1.19. The maximum Gasteiger partial charge on any atom is 0.308 e. The van der Waals surface area contributed by atoms with E-state index in [9.17, 15) is 14.0 Å². The molecule has 1 saturated heterocycles. The highest BCUT2D eigenvalue weighted by Gasteiger charge is 2.28. The number of carboxylic acid groups (broad SMARTS) is 1. The Balaban J connectivity index is 2.16.